The van der Waals surface area contributed by atoms with Gasteiger partial charge >= 0.3 is 18.4 Å². The van der Waals surface area contributed by atoms with Crippen molar-refractivity contribution < 1.29 is 40.7 Å². The van der Waals surface area contributed by atoms with Gasteiger partial charge in [0.25, 0.3) is 0 Å². The van der Waals surface area contributed by atoms with E-state index >= 15 is 13.2 Å². The van der Waals surface area contributed by atoms with E-state index in [2.05, 4.69) is 15.1 Å². The van der Waals surface area contributed by atoms with E-state index in [4.69, 9.17) is 5.73 Å². The van der Waals surface area contributed by atoms with E-state index in [9.17, 15) is 27.6 Å². The van der Waals surface area contributed by atoms with Gasteiger partial charge in [0.15, 0.2) is 0 Å². The first-order valence-corrected chi connectivity index (χ1v) is 18.3. The Kier molecular flexibility index (Phi) is 11.5. The lowest BCUT2D eigenvalue weighted by Crippen LogP contribution is -2.54. The summed E-state index contributed by atoms with van der Waals surface area (Å²) >= 11 is 0. The number of nitrogens with zero attached hydrogens (tertiary/aromatic N) is 5. The van der Waals surface area contributed by atoms with E-state index in [1.165, 1.54) is 9.80 Å². The molecule has 0 radical (unpaired) electrons. The Morgan fingerprint density at radius 1 is 0.830 bits per heavy atom. The Morgan fingerprint density at radius 3 is 2.09 bits per heavy atom. The van der Waals surface area contributed by atoms with E-state index in [0.717, 1.165) is 43.5 Å². The number of para-hydroxylation sites is 1. The SMILES string of the molecule is CN1CCN(C2CCN(C(=O)C(CC(=O)N3CCC(N4CCc5ccccc5NC4=O)CC3)C(c3ccc(N)cc3C(F)(F)F)C(F)(F)F)CC2)CC1. The van der Waals surface area contributed by atoms with Crippen LogP contribution in [0.5, 0.6) is 0 Å². The van der Waals surface area contributed by atoms with Crippen LogP contribution in [-0.2, 0) is 22.2 Å². The van der Waals surface area contributed by atoms with Gasteiger partial charge in [-0.25, -0.2) is 4.79 Å². The maximum Gasteiger partial charge on any atom is 0.416 e. The van der Waals surface area contributed by atoms with Gasteiger partial charge in [-0.1, -0.05) is 24.3 Å². The number of urea groups is 1. The molecular formula is C37H47F6N7O3. The minimum absolute atomic E-state index is 0.115. The van der Waals surface area contributed by atoms with Crippen LogP contribution in [0.25, 0.3) is 0 Å². The number of likely N-dealkylation sites (tertiary alicyclic amines) is 2. The van der Waals surface area contributed by atoms with Gasteiger partial charge in [0.05, 0.1) is 17.4 Å². The number of nitrogens with two attached hydrogens (primary N) is 1. The Labute approximate surface area is 305 Å². The number of alkyl halides is 6. The monoisotopic (exact) mass is 751 g/mol. The van der Waals surface area contributed by atoms with Crippen LogP contribution in [-0.4, -0.2) is 127 Å². The second kappa shape index (κ2) is 15.7. The van der Waals surface area contributed by atoms with E-state index in [-0.39, 0.29) is 50.0 Å². The highest BCUT2D eigenvalue weighted by Gasteiger charge is 2.53. The molecule has 2 aromatic carbocycles. The van der Waals surface area contributed by atoms with Gasteiger partial charge in [-0.15, -0.1) is 0 Å². The number of nitrogen functional groups attached to an aromatic ring is 1. The molecule has 0 bridgehead atoms. The molecule has 290 valence electrons. The normalized spacial score (nSPS) is 21.5. The maximum atomic E-state index is 15.2. The fourth-order valence-electron chi connectivity index (χ4n) is 8.41. The number of carbonyl (C=O) groups is 3. The number of hydrogen-bond acceptors (Lipinski definition) is 6. The molecule has 0 spiro atoms. The minimum Gasteiger partial charge on any atom is -0.399 e. The van der Waals surface area contributed by atoms with Crippen LogP contribution in [0.4, 0.5) is 42.5 Å². The summed E-state index contributed by atoms with van der Waals surface area (Å²) in [6.45, 7) is 4.33. The van der Waals surface area contributed by atoms with Crippen LogP contribution in [0.2, 0.25) is 0 Å². The predicted octanol–water partition coefficient (Wildman–Crippen LogP) is 5.26. The van der Waals surface area contributed by atoms with Gasteiger partial charge in [0.1, 0.15) is 0 Å². The van der Waals surface area contributed by atoms with Crippen molar-refractivity contribution in [1.82, 2.24) is 24.5 Å². The Bertz CT molecular complexity index is 1630. The summed E-state index contributed by atoms with van der Waals surface area (Å²) in [6, 6.07) is 9.16. The molecule has 53 heavy (non-hydrogen) atoms. The molecule has 3 saturated heterocycles. The first-order valence-electron chi connectivity index (χ1n) is 18.3. The summed E-state index contributed by atoms with van der Waals surface area (Å²) in [7, 11) is 2.03. The van der Waals surface area contributed by atoms with Crippen molar-refractivity contribution in [1.29, 1.82) is 0 Å². The Morgan fingerprint density at radius 2 is 1.45 bits per heavy atom. The molecule has 0 aliphatic carbocycles. The minimum atomic E-state index is -5.31. The van der Waals surface area contributed by atoms with Crippen molar-refractivity contribution in [2.24, 2.45) is 5.92 Å². The molecule has 16 heteroatoms. The highest BCUT2D eigenvalue weighted by molar-refractivity contribution is 5.91. The van der Waals surface area contributed by atoms with Crippen molar-refractivity contribution in [2.45, 2.75) is 68.9 Å². The number of anilines is 2. The number of fused-ring (bicyclic) bond motifs is 1. The predicted molar refractivity (Wildman–Crippen MR) is 187 cm³/mol. The fraction of sp³-hybridized carbons (Fsp3) is 0.595. The van der Waals surface area contributed by atoms with Gasteiger partial charge in [-0.3, -0.25) is 14.5 Å². The zero-order valence-electron chi connectivity index (χ0n) is 29.8. The number of likely N-dealkylation sites (N-methyl/N-ethyl adjacent to an activating group) is 1. The van der Waals surface area contributed by atoms with E-state index in [1.807, 2.05) is 31.3 Å². The number of amides is 4. The lowest BCUT2D eigenvalue weighted by Gasteiger charge is -2.43. The lowest BCUT2D eigenvalue weighted by atomic mass is 9.79. The number of benzene rings is 2. The average Bonchev–Trinajstić information content (AvgIpc) is 3.29. The fourth-order valence-corrected chi connectivity index (χ4v) is 8.41. The molecule has 0 aromatic heterocycles. The third-order valence-electron chi connectivity index (χ3n) is 11.4. The molecular weight excluding hydrogens is 704 g/mol. The number of carbonyl (C=O) groups excluding carboxylic acids is 3. The smallest absolute Gasteiger partial charge is 0.399 e. The van der Waals surface area contributed by atoms with Crippen molar-refractivity contribution >= 4 is 29.2 Å². The molecule has 6 rings (SSSR count). The molecule has 0 saturated carbocycles. The van der Waals surface area contributed by atoms with E-state index in [0.29, 0.717) is 50.8 Å². The number of piperidine rings is 2. The van der Waals surface area contributed by atoms with Gasteiger partial charge < -0.3 is 30.7 Å². The van der Waals surface area contributed by atoms with Gasteiger partial charge in [-0.05, 0) is 68.5 Å². The van der Waals surface area contributed by atoms with Crippen LogP contribution >= 0.6 is 0 Å². The number of rotatable bonds is 7. The summed E-state index contributed by atoms with van der Waals surface area (Å²) in [6.07, 6.45) is -9.09. The summed E-state index contributed by atoms with van der Waals surface area (Å²) in [5.74, 6) is -6.79. The molecule has 10 nitrogen and oxygen atoms in total. The Hall–Kier alpha value is -4.05. The number of nitrogens with one attached hydrogen (secondary N) is 1. The topological polar surface area (TPSA) is 105 Å². The van der Waals surface area contributed by atoms with Crippen molar-refractivity contribution in [3.05, 3.63) is 59.2 Å². The van der Waals surface area contributed by atoms with Crippen molar-refractivity contribution in [2.75, 3.05) is 77.0 Å². The molecule has 2 atom stereocenters. The van der Waals surface area contributed by atoms with Crippen LogP contribution < -0.4 is 11.1 Å². The van der Waals surface area contributed by atoms with E-state index in [1.54, 1.807) is 4.90 Å². The van der Waals surface area contributed by atoms with E-state index < -0.39 is 53.6 Å². The first kappa shape index (κ1) is 38.7. The molecule has 2 unspecified atom stereocenters. The number of hydrogen-bond donors (Lipinski definition) is 2. The summed E-state index contributed by atoms with van der Waals surface area (Å²) in [4.78, 5) is 50.1. The third-order valence-corrected chi connectivity index (χ3v) is 11.4. The Balaban J connectivity index is 1.21. The average molecular weight is 752 g/mol. The molecule has 4 amide bonds. The quantitative estimate of drug-likeness (QED) is 0.296. The largest absolute Gasteiger partial charge is 0.416 e. The van der Waals surface area contributed by atoms with Gasteiger partial charge in [-0.2, -0.15) is 26.3 Å². The molecule has 4 aliphatic heterocycles. The third kappa shape index (κ3) is 8.85. The summed E-state index contributed by atoms with van der Waals surface area (Å²) < 4.78 is 88.3. The van der Waals surface area contributed by atoms with Crippen LogP contribution in [0.1, 0.15) is 54.7 Å². The zero-order chi connectivity index (χ0) is 38.1. The molecule has 3 fully saturated rings. The number of piperazine rings is 1. The molecule has 4 heterocycles. The first-order chi connectivity index (χ1) is 25.1. The van der Waals surface area contributed by atoms with Crippen LogP contribution in [0.3, 0.4) is 0 Å². The maximum absolute atomic E-state index is 15.2. The van der Waals surface area contributed by atoms with Crippen molar-refractivity contribution in [3.63, 3.8) is 0 Å². The summed E-state index contributed by atoms with van der Waals surface area (Å²) in [5, 5.41) is 2.92. The summed E-state index contributed by atoms with van der Waals surface area (Å²) in [5.41, 5.74) is 4.21. The van der Waals surface area contributed by atoms with Crippen molar-refractivity contribution in [3.8, 4) is 0 Å². The van der Waals surface area contributed by atoms with Gasteiger partial charge in [0, 0.05) is 88.8 Å². The highest BCUT2D eigenvalue weighted by atomic mass is 19.4. The van der Waals surface area contributed by atoms with Crippen LogP contribution in [0, 0.1) is 5.92 Å². The number of halogens is 6. The highest BCUT2D eigenvalue weighted by Crippen LogP contribution is 2.48. The lowest BCUT2D eigenvalue weighted by molar-refractivity contribution is -0.177. The second-order valence-corrected chi connectivity index (χ2v) is 14.7. The van der Waals surface area contributed by atoms with Gasteiger partial charge in [0.2, 0.25) is 11.8 Å². The standard InChI is InChI=1S/C37H47F6N7O3/c1-46-18-20-47(21-19-46)26-9-15-49(16-10-26)34(52)29(33(37(41,42)43)28-7-6-25(44)22-30(28)36(38,39)40)23-32(51)48-13-11-27(12-14-48)50-17-8-24-4-2-3-5-31(24)45-35(50)53/h2-7,22,26-27,29,33H,8-21,23,44H2,1H3,(H,45,53). The zero-order valence-corrected chi connectivity index (χ0v) is 29.8. The van der Waals surface area contributed by atoms with Crippen LogP contribution in [0.15, 0.2) is 42.5 Å². The molecule has 3 N–H and O–H groups in total. The molecule has 2 aromatic rings. The second-order valence-electron chi connectivity index (χ2n) is 14.7. The molecule has 4 aliphatic rings.